The normalized spacial score (nSPS) is 19.2. The number of piperidine rings is 1. The smallest absolute Gasteiger partial charge is 0.243 e. The van der Waals surface area contributed by atoms with Crippen LogP contribution in [-0.2, 0) is 39.0 Å². The van der Waals surface area contributed by atoms with Gasteiger partial charge in [0.15, 0.2) is 0 Å². The molecule has 0 bridgehead atoms. The number of hydrogen-bond acceptors (Lipinski definition) is 4. The summed E-state index contributed by atoms with van der Waals surface area (Å²) in [6, 6.07) is 13.1. The fourth-order valence-corrected chi connectivity index (χ4v) is 6.64. The maximum absolute atomic E-state index is 13.1. The van der Waals surface area contributed by atoms with Crippen molar-refractivity contribution >= 4 is 27.5 Å². The second-order valence-electron chi connectivity index (χ2n) is 9.07. The van der Waals surface area contributed by atoms with Gasteiger partial charge in [0.1, 0.15) is 6.54 Å². The lowest BCUT2D eigenvalue weighted by Gasteiger charge is -2.34. The van der Waals surface area contributed by atoms with Gasteiger partial charge in [-0.05, 0) is 60.6 Å². The summed E-state index contributed by atoms with van der Waals surface area (Å²) < 4.78 is 27.7. The molecule has 3 aliphatic rings. The number of carbonyl (C=O) groups is 2. The Labute approximate surface area is 195 Å². The molecule has 0 aromatic heterocycles. The molecule has 5 rings (SSSR count). The highest BCUT2D eigenvalue weighted by Gasteiger charge is 2.31. The minimum atomic E-state index is -3.54. The van der Waals surface area contributed by atoms with Crippen molar-refractivity contribution in [3.8, 4) is 0 Å². The lowest BCUT2D eigenvalue weighted by molar-refractivity contribution is -0.132. The van der Waals surface area contributed by atoms with E-state index in [1.807, 2.05) is 18.2 Å². The van der Waals surface area contributed by atoms with Gasteiger partial charge in [0.2, 0.25) is 21.8 Å². The first-order chi connectivity index (χ1) is 15.9. The van der Waals surface area contributed by atoms with Crippen LogP contribution in [0.5, 0.6) is 0 Å². The minimum absolute atomic E-state index is 0.0216. The predicted molar refractivity (Wildman–Crippen MR) is 125 cm³/mol. The average Bonchev–Trinajstić information content (AvgIpc) is 2.85. The number of aryl methyl sites for hydroxylation is 1. The molecule has 8 heteroatoms. The molecule has 0 atom stereocenters. The van der Waals surface area contributed by atoms with E-state index in [0.717, 1.165) is 36.8 Å². The number of fused-ring (bicyclic) bond motifs is 2. The molecular formula is C25H29N3O4S. The molecule has 7 nitrogen and oxygen atoms in total. The molecular weight excluding hydrogens is 438 g/mol. The number of rotatable bonds is 4. The molecule has 0 unspecified atom stereocenters. The highest BCUT2D eigenvalue weighted by Crippen LogP contribution is 2.32. The molecule has 174 valence electrons. The van der Waals surface area contributed by atoms with Crippen LogP contribution in [0.15, 0.2) is 47.4 Å². The molecule has 2 aromatic rings. The molecule has 3 aliphatic heterocycles. The number of benzene rings is 2. The van der Waals surface area contributed by atoms with Gasteiger partial charge in [0, 0.05) is 38.3 Å². The van der Waals surface area contributed by atoms with Crippen molar-refractivity contribution in [3.63, 3.8) is 0 Å². The van der Waals surface area contributed by atoms with Crippen LogP contribution in [0.4, 0.5) is 5.69 Å². The summed E-state index contributed by atoms with van der Waals surface area (Å²) in [7, 11) is -3.54. The zero-order chi connectivity index (χ0) is 23.0. The second-order valence-corrected chi connectivity index (χ2v) is 11.0. The van der Waals surface area contributed by atoms with Crippen LogP contribution in [0.3, 0.4) is 0 Å². The van der Waals surface area contributed by atoms with E-state index in [-0.39, 0.29) is 29.7 Å². The standard InChI is InChI=1S/C25H29N3O4S/c29-24-11-8-20-16-22(33(31,32)27-13-4-1-5-14-27)9-10-23(20)28(24)18-25(30)26-15-12-19-6-2-3-7-21(19)17-26/h2-3,6-7,9-10,16H,1,4-5,8,11-15,17-18H2. The Morgan fingerprint density at radius 2 is 1.61 bits per heavy atom. The van der Waals surface area contributed by atoms with Crippen molar-refractivity contribution in [1.29, 1.82) is 0 Å². The molecule has 0 N–H and O–H groups in total. The van der Waals surface area contributed by atoms with E-state index in [9.17, 15) is 18.0 Å². The summed E-state index contributed by atoms with van der Waals surface area (Å²) in [5.41, 5.74) is 3.87. The first kappa shape index (κ1) is 22.1. The van der Waals surface area contributed by atoms with E-state index in [1.165, 1.54) is 10.5 Å². The van der Waals surface area contributed by atoms with Crippen molar-refractivity contribution in [2.24, 2.45) is 0 Å². The summed E-state index contributed by atoms with van der Waals surface area (Å²) >= 11 is 0. The predicted octanol–water partition coefficient (Wildman–Crippen LogP) is 2.73. The maximum atomic E-state index is 13.1. The Bertz CT molecular complexity index is 1190. The monoisotopic (exact) mass is 467 g/mol. The van der Waals surface area contributed by atoms with Crippen molar-refractivity contribution in [2.45, 2.75) is 50.0 Å². The quantitative estimate of drug-likeness (QED) is 0.693. The zero-order valence-electron chi connectivity index (χ0n) is 18.7. The van der Waals surface area contributed by atoms with Crippen LogP contribution in [0, 0.1) is 0 Å². The third-order valence-electron chi connectivity index (χ3n) is 6.98. The zero-order valence-corrected chi connectivity index (χ0v) is 19.5. The first-order valence-electron chi connectivity index (χ1n) is 11.7. The van der Waals surface area contributed by atoms with E-state index >= 15 is 0 Å². The number of carbonyl (C=O) groups excluding carboxylic acids is 2. The third kappa shape index (κ3) is 4.29. The number of sulfonamides is 1. The Hall–Kier alpha value is -2.71. The molecule has 33 heavy (non-hydrogen) atoms. The van der Waals surface area contributed by atoms with Crippen LogP contribution in [0.2, 0.25) is 0 Å². The Morgan fingerprint density at radius 3 is 2.39 bits per heavy atom. The van der Waals surface area contributed by atoms with Crippen molar-refractivity contribution in [3.05, 3.63) is 59.2 Å². The molecule has 1 saturated heterocycles. The largest absolute Gasteiger partial charge is 0.336 e. The summed E-state index contributed by atoms with van der Waals surface area (Å²) in [6.07, 6.45) is 4.40. The first-order valence-corrected chi connectivity index (χ1v) is 13.2. The maximum Gasteiger partial charge on any atom is 0.243 e. The van der Waals surface area contributed by atoms with Gasteiger partial charge in [-0.3, -0.25) is 9.59 Å². The average molecular weight is 468 g/mol. The fourth-order valence-electron chi connectivity index (χ4n) is 5.07. The van der Waals surface area contributed by atoms with E-state index < -0.39 is 10.0 Å². The number of nitrogens with zero attached hydrogens (tertiary/aromatic N) is 3. The van der Waals surface area contributed by atoms with Gasteiger partial charge in [0.25, 0.3) is 0 Å². The molecule has 2 aromatic carbocycles. The third-order valence-corrected chi connectivity index (χ3v) is 8.88. The molecule has 1 fully saturated rings. The molecule has 0 radical (unpaired) electrons. The highest BCUT2D eigenvalue weighted by atomic mass is 32.2. The Kier molecular flexibility index (Phi) is 5.97. The van der Waals surface area contributed by atoms with Crippen LogP contribution in [-0.4, -0.2) is 55.6 Å². The van der Waals surface area contributed by atoms with E-state index in [1.54, 1.807) is 27.4 Å². The molecule has 3 heterocycles. The van der Waals surface area contributed by atoms with E-state index in [0.29, 0.717) is 38.3 Å². The number of anilines is 1. The molecule has 0 spiro atoms. The van der Waals surface area contributed by atoms with Gasteiger partial charge in [-0.15, -0.1) is 0 Å². The van der Waals surface area contributed by atoms with Gasteiger partial charge in [-0.2, -0.15) is 4.31 Å². The summed E-state index contributed by atoms with van der Waals surface area (Å²) in [4.78, 5) is 29.4. The second kappa shape index (κ2) is 8.91. The lowest BCUT2D eigenvalue weighted by Crippen LogP contribution is -2.46. The van der Waals surface area contributed by atoms with Gasteiger partial charge in [-0.25, -0.2) is 8.42 Å². The summed E-state index contributed by atoms with van der Waals surface area (Å²) in [5.74, 6) is -0.185. The summed E-state index contributed by atoms with van der Waals surface area (Å²) in [5, 5.41) is 0. The molecule has 0 aliphatic carbocycles. The molecule has 0 saturated carbocycles. The topological polar surface area (TPSA) is 78.0 Å². The highest BCUT2D eigenvalue weighted by molar-refractivity contribution is 7.89. The van der Waals surface area contributed by atoms with Gasteiger partial charge in [0.05, 0.1) is 4.90 Å². The van der Waals surface area contributed by atoms with Gasteiger partial charge >= 0.3 is 0 Å². The number of amides is 2. The SMILES string of the molecule is O=C(CN1C(=O)CCc2cc(S(=O)(=O)N3CCCCC3)ccc21)N1CCc2ccccc2C1. The van der Waals surface area contributed by atoms with Crippen LogP contribution >= 0.6 is 0 Å². The van der Waals surface area contributed by atoms with Crippen molar-refractivity contribution < 1.29 is 18.0 Å². The minimum Gasteiger partial charge on any atom is -0.336 e. The number of hydrogen-bond donors (Lipinski definition) is 0. The van der Waals surface area contributed by atoms with Crippen molar-refractivity contribution in [1.82, 2.24) is 9.21 Å². The lowest BCUT2D eigenvalue weighted by atomic mass is 9.99. The van der Waals surface area contributed by atoms with Crippen LogP contribution < -0.4 is 4.90 Å². The van der Waals surface area contributed by atoms with E-state index in [4.69, 9.17) is 0 Å². The summed E-state index contributed by atoms with van der Waals surface area (Å²) in [6.45, 7) is 2.27. The Balaban J connectivity index is 1.35. The van der Waals surface area contributed by atoms with Crippen LogP contribution in [0.1, 0.15) is 42.4 Å². The van der Waals surface area contributed by atoms with Crippen LogP contribution in [0.25, 0.3) is 0 Å². The van der Waals surface area contributed by atoms with Crippen molar-refractivity contribution in [2.75, 3.05) is 31.1 Å². The van der Waals surface area contributed by atoms with E-state index in [2.05, 4.69) is 6.07 Å². The fraction of sp³-hybridized carbons (Fsp3) is 0.440. The van der Waals surface area contributed by atoms with Gasteiger partial charge < -0.3 is 9.80 Å². The molecule has 2 amide bonds. The Morgan fingerprint density at radius 1 is 0.848 bits per heavy atom. The van der Waals surface area contributed by atoms with Gasteiger partial charge in [-0.1, -0.05) is 30.7 Å².